The second-order valence-corrected chi connectivity index (χ2v) is 3.33. The summed E-state index contributed by atoms with van der Waals surface area (Å²) >= 11 is 3.97. The van der Waals surface area contributed by atoms with Gasteiger partial charge in [-0.05, 0) is 0 Å². The van der Waals surface area contributed by atoms with Crippen LogP contribution >= 0.6 is 0 Å². The first-order chi connectivity index (χ1) is 6.75. The van der Waals surface area contributed by atoms with Crippen molar-refractivity contribution in [3.63, 3.8) is 0 Å². The predicted octanol–water partition coefficient (Wildman–Crippen LogP) is -0.269. The molecule has 0 unspecified atom stereocenters. The van der Waals surface area contributed by atoms with E-state index in [9.17, 15) is 0 Å². The fraction of sp³-hybridized carbons (Fsp3) is 0. The summed E-state index contributed by atoms with van der Waals surface area (Å²) in [6.07, 6.45) is 0. The Hall–Kier alpha value is -0.505. The molecule has 0 aliphatic heterocycles. The molecule has 0 spiro atoms. The van der Waals surface area contributed by atoms with Crippen molar-refractivity contribution in [3.8, 4) is 11.4 Å². The second-order valence-electron chi connectivity index (χ2n) is 3.33. The molecule has 0 amide bonds. The van der Waals surface area contributed by atoms with Gasteiger partial charge in [-0.3, -0.25) is 0 Å². The fourth-order valence-corrected chi connectivity index (χ4v) is 1.37. The normalized spacial score (nSPS) is 10.3. The van der Waals surface area contributed by atoms with Gasteiger partial charge in [-0.15, -0.1) is 0 Å². The Morgan fingerprint density at radius 3 is 1.50 bits per heavy atom. The topological polar surface area (TPSA) is 25.8 Å². The summed E-state index contributed by atoms with van der Waals surface area (Å²) in [5, 5.41) is 0. The molecule has 0 radical (unpaired) electrons. The van der Waals surface area contributed by atoms with E-state index in [0.29, 0.717) is 0 Å². The first-order valence-electron chi connectivity index (χ1n) is 4.63. The maximum atomic E-state index is 4.42. The summed E-state index contributed by atoms with van der Waals surface area (Å²) in [5.74, 6) is 0. The standard InChI is InChI=1S/C10H6N2.2Li/c1-3-7-11-9(5-1)10-6-2-4-8-12-10;;/h1-6H;;. The van der Waals surface area contributed by atoms with E-state index in [1.807, 2.05) is 71.8 Å². The molecule has 2 rings (SSSR count). The van der Waals surface area contributed by atoms with Crippen LogP contribution in [0, 0.1) is 0 Å². The molecule has 2 aromatic heterocycles. The van der Waals surface area contributed by atoms with E-state index in [0.717, 1.165) is 20.1 Å². The van der Waals surface area contributed by atoms with E-state index in [2.05, 4.69) is 9.97 Å². The molecule has 0 fully saturated rings. The van der Waals surface area contributed by atoms with Crippen LogP contribution < -0.4 is 8.73 Å². The van der Waals surface area contributed by atoms with Gasteiger partial charge in [0, 0.05) is 0 Å². The number of hydrogen-bond donors (Lipinski definition) is 0. The Morgan fingerprint density at radius 2 is 1.14 bits per heavy atom. The SMILES string of the molecule is [Li][c]1cccc(-c2ccc[c]([Li])n2)n1. The summed E-state index contributed by atoms with van der Waals surface area (Å²) in [5.41, 5.74) is 1.88. The molecule has 14 heavy (non-hydrogen) atoms. The molecule has 0 saturated heterocycles. The molecule has 0 aromatic carbocycles. The Labute approximate surface area is 102 Å². The second kappa shape index (κ2) is 4.34. The van der Waals surface area contributed by atoms with Crippen molar-refractivity contribution in [1.82, 2.24) is 9.97 Å². The Kier molecular flexibility index (Phi) is 3.11. The minimum atomic E-state index is 0.939. The van der Waals surface area contributed by atoms with E-state index in [1.165, 1.54) is 0 Å². The molecular weight excluding hydrogens is 162 g/mol. The number of hydrogen-bond acceptors (Lipinski definition) is 2. The number of pyridine rings is 2. The third kappa shape index (κ3) is 2.29. The molecule has 2 nitrogen and oxygen atoms in total. The van der Waals surface area contributed by atoms with Crippen LogP contribution in [0.1, 0.15) is 0 Å². The van der Waals surface area contributed by atoms with Crippen molar-refractivity contribution in [1.29, 1.82) is 0 Å². The number of aromatic nitrogens is 2. The van der Waals surface area contributed by atoms with Gasteiger partial charge in [-0.1, -0.05) is 0 Å². The summed E-state index contributed by atoms with van der Waals surface area (Å²) in [6, 6.07) is 11.9. The zero-order valence-electron chi connectivity index (χ0n) is 8.36. The van der Waals surface area contributed by atoms with Crippen LogP contribution in [-0.2, 0) is 0 Å². The van der Waals surface area contributed by atoms with Crippen LogP contribution in [0.4, 0.5) is 0 Å². The molecule has 0 saturated carbocycles. The van der Waals surface area contributed by atoms with Gasteiger partial charge in [0.15, 0.2) is 0 Å². The van der Waals surface area contributed by atoms with E-state index < -0.39 is 0 Å². The maximum absolute atomic E-state index is 4.42. The summed E-state index contributed by atoms with van der Waals surface area (Å²) in [4.78, 5) is 8.84. The zero-order valence-corrected chi connectivity index (χ0v) is 8.36. The molecule has 4 heteroatoms. The Balaban J connectivity index is 2.49. The Morgan fingerprint density at radius 1 is 0.714 bits per heavy atom. The monoisotopic (exact) mass is 168 g/mol. The van der Waals surface area contributed by atoms with Gasteiger partial charge < -0.3 is 0 Å². The molecule has 0 atom stereocenters. The molecular formula is C10H6Li2N2. The Bertz CT molecular complexity index is 414. The summed E-state index contributed by atoms with van der Waals surface area (Å²) in [6.45, 7) is 0. The van der Waals surface area contributed by atoms with Gasteiger partial charge in [-0.2, -0.15) is 0 Å². The van der Waals surface area contributed by atoms with Crippen LogP contribution in [0.25, 0.3) is 11.4 Å². The van der Waals surface area contributed by atoms with E-state index >= 15 is 0 Å². The van der Waals surface area contributed by atoms with Gasteiger partial charge in [-0.25, -0.2) is 0 Å². The molecule has 0 aliphatic carbocycles. The van der Waals surface area contributed by atoms with Crippen molar-refractivity contribution in [2.24, 2.45) is 0 Å². The zero-order chi connectivity index (χ0) is 9.97. The van der Waals surface area contributed by atoms with Gasteiger partial charge in [0.05, 0.1) is 0 Å². The number of nitrogens with zero attached hydrogens (tertiary/aromatic N) is 2. The van der Waals surface area contributed by atoms with E-state index in [-0.39, 0.29) is 0 Å². The van der Waals surface area contributed by atoms with Crippen molar-refractivity contribution in [2.75, 3.05) is 0 Å². The molecule has 58 valence electrons. The van der Waals surface area contributed by atoms with Crippen LogP contribution in [-0.4, -0.2) is 45.4 Å². The van der Waals surface area contributed by atoms with Gasteiger partial charge in [0.2, 0.25) is 0 Å². The first kappa shape index (κ1) is 10.0. The van der Waals surface area contributed by atoms with Crippen molar-refractivity contribution in [3.05, 3.63) is 36.4 Å². The van der Waals surface area contributed by atoms with Crippen molar-refractivity contribution < 1.29 is 0 Å². The average Bonchev–Trinajstić information content (AvgIpc) is 2.18. The molecule has 0 bridgehead atoms. The van der Waals surface area contributed by atoms with E-state index in [1.54, 1.807) is 0 Å². The van der Waals surface area contributed by atoms with Crippen LogP contribution in [0.2, 0.25) is 0 Å². The third-order valence-corrected chi connectivity index (χ3v) is 2.04. The fourth-order valence-electron chi connectivity index (χ4n) is 1.37. The molecule has 0 aliphatic rings. The summed E-state index contributed by atoms with van der Waals surface area (Å²) in [7, 11) is 0. The van der Waals surface area contributed by atoms with Gasteiger partial charge >= 0.3 is 102 Å². The number of rotatable bonds is 1. The van der Waals surface area contributed by atoms with Crippen molar-refractivity contribution >= 4 is 44.2 Å². The average molecular weight is 168 g/mol. The van der Waals surface area contributed by atoms with Gasteiger partial charge in [0.1, 0.15) is 0 Å². The molecule has 0 N–H and O–H groups in total. The van der Waals surface area contributed by atoms with Crippen LogP contribution in [0.3, 0.4) is 0 Å². The minimum absolute atomic E-state index is 0.939. The van der Waals surface area contributed by atoms with E-state index in [4.69, 9.17) is 0 Å². The van der Waals surface area contributed by atoms with Crippen molar-refractivity contribution in [2.45, 2.75) is 0 Å². The quantitative estimate of drug-likeness (QED) is 0.548. The third-order valence-electron chi connectivity index (χ3n) is 2.04. The van der Waals surface area contributed by atoms with Crippen LogP contribution in [0.15, 0.2) is 36.4 Å². The summed E-state index contributed by atoms with van der Waals surface area (Å²) < 4.78 is 2.04. The van der Waals surface area contributed by atoms with Gasteiger partial charge in [0.25, 0.3) is 0 Å². The molecule has 2 aromatic rings. The van der Waals surface area contributed by atoms with Crippen LogP contribution in [0.5, 0.6) is 0 Å². The first-order valence-corrected chi connectivity index (χ1v) is 4.63. The predicted molar refractivity (Wildman–Crippen MR) is 58.2 cm³/mol. The molecule has 2 heterocycles.